The van der Waals surface area contributed by atoms with Crippen LogP contribution in [0.15, 0.2) is 14.3 Å². The Morgan fingerprint density at radius 3 is 2.65 bits per heavy atom. The molecule has 0 saturated carbocycles. The monoisotopic (exact) mass is 384 g/mol. The van der Waals surface area contributed by atoms with E-state index in [0.29, 0.717) is 12.6 Å². The van der Waals surface area contributed by atoms with Crippen molar-refractivity contribution in [1.82, 2.24) is 5.32 Å². The number of hydrogen-bond acceptors (Lipinski definition) is 4. The maximum atomic E-state index is 8.99. The highest BCUT2D eigenvalue weighted by molar-refractivity contribution is 9.13. The van der Waals surface area contributed by atoms with Crippen LogP contribution < -0.4 is 11.1 Å². The summed E-state index contributed by atoms with van der Waals surface area (Å²) in [6.07, 6.45) is 1.76. The largest absolute Gasteiger partial charge is 0.396 e. The first-order valence-corrected chi connectivity index (χ1v) is 8.04. The molecule has 0 fully saturated rings. The van der Waals surface area contributed by atoms with Crippen molar-refractivity contribution >= 4 is 43.2 Å². The van der Waals surface area contributed by atoms with E-state index in [0.717, 1.165) is 21.1 Å². The maximum Gasteiger partial charge on any atom is 0.0843 e. The second kappa shape index (κ2) is 7.86. The van der Waals surface area contributed by atoms with Gasteiger partial charge < -0.3 is 16.2 Å². The molecule has 2 atom stereocenters. The van der Waals surface area contributed by atoms with Gasteiger partial charge in [0.2, 0.25) is 0 Å². The minimum absolute atomic E-state index is 0.152. The summed E-state index contributed by atoms with van der Waals surface area (Å²) >= 11 is 8.66. The van der Waals surface area contributed by atoms with Gasteiger partial charge in [-0.05, 0) is 50.8 Å². The molecule has 1 aromatic rings. The zero-order valence-corrected chi connectivity index (χ0v) is 13.7. The van der Waals surface area contributed by atoms with Crippen LogP contribution in [0.2, 0.25) is 0 Å². The molecule has 3 nitrogen and oxygen atoms in total. The summed E-state index contributed by atoms with van der Waals surface area (Å²) in [7, 11) is 0. The molecule has 0 aliphatic carbocycles. The zero-order valence-electron chi connectivity index (χ0n) is 9.75. The smallest absolute Gasteiger partial charge is 0.0843 e. The van der Waals surface area contributed by atoms with E-state index in [1.807, 2.05) is 0 Å². The standard InChI is InChI=1S/C11H18Br2N2OS/c1-2-7(3-4-16)15-9(6-14)10-5-8(12)11(13)17-10/h5,7,9,15-16H,2-4,6,14H2,1H3. The number of hydrogen-bond donors (Lipinski definition) is 3. The number of halogens is 2. The van der Waals surface area contributed by atoms with E-state index in [2.05, 4.69) is 50.2 Å². The molecular weight excluding hydrogens is 368 g/mol. The number of nitrogens with one attached hydrogen (secondary N) is 1. The van der Waals surface area contributed by atoms with E-state index in [-0.39, 0.29) is 12.6 Å². The quantitative estimate of drug-likeness (QED) is 0.676. The summed E-state index contributed by atoms with van der Waals surface area (Å²) in [6.45, 7) is 2.88. The second-order valence-corrected chi connectivity index (χ2v) is 7.10. The van der Waals surface area contributed by atoms with Gasteiger partial charge in [-0.15, -0.1) is 11.3 Å². The van der Waals surface area contributed by atoms with Crippen molar-refractivity contribution < 1.29 is 5.11 Å². The number of rotatable bonds is 7. The predicted molar refractivity (Wildman–Crippen MR) is 80.4 cm³/mol. The Hall–Kier alpha value is 0.540. The van der Waals surface area contributed by atoms with Crippen LogP contribution in [0.4, 0.5) is 0 Å². The molecule has 98 valence electrons. The van der Waals surface area contributed by atoms with Crippen molar-refractivity contribution in [3.05, 3.63) is 19.2 Å². The van der Waals surface area contributed by atoms with Gasteiger partial charge in [-0.3, -0.25) is 0 Å². The van der Waals surface area contributed by atoms with Crippen LogP contribution in [0, 0.1) is 0 Å². The van der Waals surface area contributed by atoms with E-state index < -0.39 is 0 Å². The Balaban J connectivity index is 2.70. The Labute approximate surface area is 123 Å². The third-order valence-corrected chi connectivity index (χ3v) is 6.02. The average molecular weight is 386 g/mol. The van der Waals surface area contributed by atoms with Gasteiger partial charge in [0.1, 0.15) is 0 Å². The third kappa shape index (κ3) is 4.61. The number of thiophene rings is 1. The van der Waals surface area contributed by atoms with Crippen LogP contribution >= 0.6 is 43.2 Å². The summed E-state index contributed by atoms with van der Waals surface area (Å²) in [5, 5.41) is 12.5. The van der Waals surface area contributed by atoms with Gasteiger partial charge in [-0.25, -0.2) is 0 Å². The first kappa shape index (κ1) is 15.6. The highest BCUT2D eigenvalue weighted by Crippen LogP contribution is 2.35. The number of aliphatic hydroxyl groups excluding tert-OH is 1. The Morgan fingerprint density at radius 2 is 2.24 bits per heavy atom. The summed E-state index contributed by atoms with van der Waals surface area (Å²) in [5.41, 5.74) is 5.81. The number of nitrogens with two attached hydrogens (primary N) is 1. The first-order chi connectivity index (χ1) is 8.12. The second-order valence-electron chi connectivity index (χ2n) is 3.84. The molecule has 0 spiro atoms. The van der Waals surface area contributed by atoms with E-state index in [1.165, 1.54) is 4.88 Å². The fourth-order valence-corrected chi connectivity index (χ4v) is 3.81. The SMILES string of the molecule is CCC(CCO)NC(CN)c1cc(Br)c(Br)s1. The van der Waals surface area contributed by atoms with Gasteiger partial charge in [0.15, 0.2) is 0 Å². The molecule has 1 heterocycles. The maximum absolute atomic E-state index is 8.99. The molecule has 6 heteroatoms. The molecule has 17 heavy (non-hydrogen) atoms. The molecule has 1 aromatic heterocycles. The lowest BCUT2D eigenvalue weighted by atomic mass is 10.1. The molecule has 0 aliphatic rings. The van der Waals surface area contributed by atoms with Gasteiger partial charge in [-0.2, -0.15) is 0 Å². The molecule has 0 saturated heterocycles. The van der Waals surface area contributed by atoms with E-state index >= 15 is 0 Å². The Kier molecular flexibility index (Phi) is 7.21. The molecule has 0 aliphatic heterocycles. The minimum Gasteiger partial charge on any atom is -0.396 e. The van der Waals surface area contributed by atoms with Gasteiger partial charge in [0.05, 0.1) is 9.83 Å². The van der Waals surface area contributed by atoms with Gasteiger partial charge in [0.25, 0.3) is 0 Å². The molecule has 0 radical (unpaired) electrons. The van der Waals surface area contributed by atoms with Gasteiger partial charge in [-0.1, -0.05) is 6.92 Å². The average Bonchev–Trinajstić information content (AvgIpc) is 2.64. The van der Waals surface area contributed by atoms with E-state index in [4.69, 9.17) is 10.8 Å². The van der Waals surface area contributed by atoms with Crippen LogP contribution in [-0.4, -0.2) is 24.3 Å². The molecular formula is C11H18Br2N2OS. The molecule has 1 rings (SSSR count). The van der Waals surface area contributed by atoms with Gasteiger partial charge in [0, 0.05) is 28.5 Å². The van der Waals surface area contributed by atoms with Crippen LogP contribution in [-0.2, 0) is 0 Å². The van der Waals surface area contributed by atoms with Crippen LogP contribution in [0.1, 0.15) is 30.7 Å². The molecule has 0 bridgehead atoms. The van der Waals surface area contributed by atoms with E-state index in [1.54, 1.807) is 11.3 Å². The molecule has 0 aromatic carbocycles. The van der Waals surface area contributed by atoms with Crippen molar-refractivity contribution in [2.24, 2.45) is 5.73 Å². The number of aliphatic hydroxyl groups is 1. The highest BCUT2D eigenvalue weighted by atomic mass is 79.9. The van der Waals surface area contributed by atoms with E-state index in [9.17, 15) is 0 Å². The van der Waals surface area contributed by atoms with Crippen molar-refractivity contribution in [3.8, 4) is 0 Å². The topological polar surface area (TPSA) is 58.3 Å². The molecule has 2 unspecified atom stereocenters. The highest BCUT2D eigenvalue weighted by Gasteiger charge is 2.17. The summed E-state index contributed by atoms with van der Waals surface area (Å²) in [4.78, 5) is 1.21. The Bertz CT molecular complexity index is 327. The normalized spacial score (nSPS) is 14.9. The third-order valence-electron chi connectivity index (χ3n) is 2.65. The molecule has 0 amide bonds. The van der Waals surface area contributed by atoms with Crippen LogP contribution in [0.5, 0.6) is 0 Å². The first-order valence-electron chi connectivity index (χ1n) is 5.64. The fourth-order valence-electron chi connectivity index (χ4n) is 1.65. The lowest BCUT2D eigenvalue weighted by Crippen LogP contribution is -2.36. The van der Waals surface area contributed by atoms with Gasteiger partial charge >= 0.3 is 0 Å². The lowest BCUT2D eigenvalue weighted by Gasteiger charge is -2.22. The van der Waals surface area contributed by atoms with Crippen molar-refractivity contribution in [2.45, 2.75) is 31.8 Å². The minimum atomic E-state index is 0.152. The fraction of sp³-hybridized carbons (Fsp3) is 0.636. The van der Waals surface area contributed by atoms with Crippen molar-refractivity contribution in [2.75, 3.05) is 13.2 Å². The van der Waals surface area contributed by atoms with Crippen LogP contribution in [0.3, 0.4) is 0 Å². The summed E-state index contributed by atoms with van der Waals surface area (Å²) < 4.78 is 2.15. The molecule has 4 N–H and O–H groups in total. The summed E-state index contributed by atoms with van der Waals surface area (Å²) in [5.74, 6) is 0. The Morgan fingerprint density at radius 1 is 1.53 bits per heavy atom. The lowest BCUT2D eigenvalue weighted by molar-refractivity contribution is 0.256. The zero-order chi connectivity index (χ0) is 12.8. The predicted octanol–water partition coefficient (Wildman–Crippen LogP) is 3.02. The summed E-state index contributed by atoms with van der Waals surface area (Å²) in [6, 6.07) is 2.55. The van der Waals surface area contributed by atoms with Crippen molar-refractivity contribution in [3.63, 3.8) is 0 Å². The van der Waals surface area contributed by atoms with Crippen LogP contribution in [0.25, 0.3) is 0 Å². The van der Waals surface area contributed by atoms with Crippen molar-refractivity contribution in [1.29, 1.82) is 0 Å².